The zero-order chi connectivity index (χ0) is 10.3. The van der Waals surface area contributed by atoms with Crippen molar-refractivity contribution in [3.05, 3.63) is 23.3 Å². The predicted molar refractivity (Wildman–Crippen MR) is 54.3 cm³/mol. The number of aromatic hydroxyl groups is 1. The van der Waals surface area contributed by atoms with E-state index in [0.29, 0.717) is 12.1 Å². The first-order valence-corrected chi connectivity index (χ1v) is 4.72. The van der Waals surface area contributed by atoms with Crippen molar-refractivity contribution in [2.45, 2.75) is 20.3 Å². The van der Waals surface area contributed by atoms with Crippen LogP contribution < -0.4 is 5.32 Å². The molecule has 3 nitrogen and oxygen atoms in total. The SMILES string of the molecule is Cc1ccc(O)c2c1C[C@@H](C)C(=O)N2. The van der Waals surface area contributed by atoms with E-state index in [1.54, 1.807) is 6.07 Å². The second kappa shape index (κ2) is 3.01. The number of carbonyl (C=O) groups excluding carboxylic acids is 1. The maximum absolute atomic E-state index is 11.4. The van der Waals surface area contributed by atoms with Crippen molar-refractivity contribution in [1.29, 1.82) is 0 Å². The van der Waals surface area contributed by atoms with E-state index in [1.165, 1.54) is 0 Å². The summed E-state index contributed by atoms with van der Waals surface area (Å²) in [5, 5.41) is 12.3. The number of nitrogens with one attached hydrogen (secondary N) is 1. The molecule has 2 rings (SSSR count). The van der Waals surface area contributed by atoms with Gasteiger partial charge in [-0.3, -0.25) is 4.79 Å². The van der Waals surface area contributed by atoms with Crippen molar-refractivity contribution < 1.29 is 9.90 Å². The molecule has 2 N–H and O–H groups in total. The lowest BCUT2D eigenvalue weighted by Crippen LogP contribution is -2.28. The fourth-order valence-electron chi connectivity index (χ4n) is 1.79. The maximum atomic E-state index is 11.4. The summed E-state index contributed by atoms with van der Waals surface area (Å²) in [5.41, 5.74) is 2.76. The molecule has 1 aromatic rings. The highest BCUT2D eigenvalue weighted by Crippen LogP contribution is 2.35. The molecule has 0 saturated carbocycles. The molecule has 0 fully saturated rings. The first-order chi connectivity index (χ1) is 6.59. The minimum Gasteiger partial charge on any atom is -0.506 e. The van der Waals surface area contributed by atoms with Gasteiger partial charge < -0.3 is 10.4 Å². The van der Waals surface area contributed by atoms with Crippen molar-refractivity contribution in [3.8, 4) is 5.75 Å². The highest BCUT2D eigenvalue weighted by atomic mass is 16.3. The zero-order valence-corrected chi connectivity index (χ0v) is 8.29. The average Bonchev–Trinajstić information content (AvgIpc) is 2.15. The standard InChI is InChI=1S/C11H13NO2/c1-6-3-4-9(13)10-8(6)5-7(2)11(14)12-10/h3-4,7,13H,5H2,1-2H3,(H,12,14)/t7-/m1/s1. The van der Waals surface area contributed by atoms with E-state index in [0.717, 1.165) is 11.1 Å². The predicted octanol–water partition coefficient (Wildman–Crippen LogP) is 1.83. The molecule has 0 bridgehead atoms. The van der Waals surface area contributed by atoms with E-state index in [-0.39, 0.29) is 17.6 Å². The Morgan fingerprint density at radius 1 is 1.50 bits per heavy atom. The minimum absolute atomic E-state index is 0.0111. The van der Waals surface area contributed by atoms with Gasteiger partial charge in [-0.1, -0.05) is 13.0 Å². The molecule has 0 saturated heterocycles. The molecule has 0 aromatic heterocycles. The monoisotopic (exact) mass is 191 g/mol. The van der Waals surface area contributed by atoms with E-state index in [9.17, 15) is 9.90 Å². The molecule has 1 aliphatic rings. The second-order valence-corrected chi connectivity index (χ2v) is 3.85. The van der Waals surface area contributed by atoms with Gasteiger partial charge in [0, 0.05) is 5.92 Å². The van der Waals surface area contributed by atoms with E-state index in [2.05, 4.69) is 5.32 Å². The molecule has 1 atom stereocenters. The molecule has 0 radical (unpaired) electrons. The van der Waals surface area contributed by atoms with Crippen LogP contribution in [0.2, 0.25) is 0 Å². The Kier molecular flexibility index (Phi) is 1.95. The van der Waals surface area contributed by atoms with Gasteiger partial charge in [-0.25, -0.2) is 0 Å². The molecule has 3 heteroatoms. The lowest BCUT2D eigenvalue weighted by Gasteiger charge is -2.24. The summed E-state index contributed by atoms with van der Waals surface area (Å²) in [4.78, 5) is 11.4. The van der Waals surface area contributed by atoms with E-state index < -0.39 is 0 Å². The molecule has 1 aromatic carbocycles. The Bertz CT molecular complexity index is 399. The minimum atomic E-state index is -0.0154. The third-order valence-electron chi connectivity index (χ3n) is 2.73. The van der Waals surface area contributed by atoms with Crippen molar-refractivity contribution >= 4 is 11.6 Å². The lowest BCUT2D eigenvalue weighted by molar-refractivity contribution is -0.119. The van der Waals surface area contributed by atoms with Gasteiger partial charge in [-0.05, 0) is 30.5 Å². The van der Waals surface area contributed by atoms with Gasteiger partial charge in [0.2, 0.25) is 5.91 Å². The fraction of sp³-hybridized carbons (Fsp3) is 0.364. The summed E-state index contributed by atoms with van der Waals surface area (Å²) in [6.07, 6.45) is 0.710. The molecule has 0 aliphatic carbocycles. The van der Waals surface area contributed by atoms with Crippen LogP contribution in [-0.2, 0) is 11.2 Å². The van der Waals surface area contributed by atoms with Crippen molar-refractivity contribution in [1.82, 2.24) is 0 Å². The van der Waals surface area contributed by atoms with Crippen LogP contribution in [0.4, 0.5) is 5.69 Å². The van der Waals surface area contributed by atoms with Gasteiger partial charge in [0.1, 0.15) is 5.75 Å². The van der Waals surface area contributed by atoms with E-state index in [4.69, 9.17) is 0 Å². The highest BCUT2D eigenvalue weighted by Gasteiger charge is 2.25. The Labute approximate surface area is 82.8 Å². The van der Waals surface area contributed by atoms with E-state index >= 15 is 0 Å². The van der Waals surface area contributed by atoms with Gasteiger partial charge in [0.15, 0.2) is 0 Å². The topological polar surface area (TPSA) is 49.3 Å². The molecule has 1 amide bonds. The number of anilines is 1. The van der Waals surface area contributed by atoms with Crippen LogP contribution in [0.15, 0.2) is 12.1 Å². The second-order valence-electron chi connectivity index (χ2n) is 3.85. The normalized spacial score (nSPS) is 20.1. The number of amides is 1. The van der Waals surface area contributed by atoms with Crippen molar-refractivity contribution in [3.63, 3.8) is 0 Å². The summed E-state index contributed by atoms with van der Waals surface area (Å²) in [5.74, 6) is 0.132. The van der Waals surface area contributed by atoms with Gasteiger partial charge >= 0.3 is 0 Å². The molecule has 1 aliphatic heterocycles. The molecular formula is C11H13NO2. The van der Waals surface area contributed by atoms with Crippen LogP contribution in [0.1, 0.15) is 18.1 Å². The third-order valence-corrected chi connectivity index (χ3v) is 2.73. The molecule has 0 unspecified atom stereocenters. The van der Waals surface area contributed by atoms with Crippen molar-refractivity contribution in [2.75, 3.05) is 5.32 Å². The third kappa shape index (κ3) is 1.25. The first kappa shape index (κ1) is 9.06. The number of hydrogen-bond acceptors (Lipinski definition) is 2. The van der Waals surface area contributed by atoms with Crippen LogP contribution in [-0.4, -0.2) is 11.0 Å². The fourth-order valence-corrected chi connectivity index (χ4v) is 1.79. The lowest BCUT2D eigenvalue weighted by atomic mass is 9.91. The molecule has 14 heavy (non-hydrogen) atoms. The van der Waals surface area contributed by atoms with Crippen LogP contribution in [0.5, 0.6) is 5.75 Å². The Balaban J connectivity index is 2.55. The Hall–Kier alpha value is -1.51. The number of rotatable bonds is 0. The van der Waals surface area contributed by atoms with Gasteiger partial charge in [0.25, 0.3) is 0 Å². The zero-order valence-electron chi connectivity index (χ0n) is 8.29. The van der Waals surface area contributed by atoms with Gasteiger partial charge in [-0.15, -0.1) is 0 Å². The highest BCUT2D eigenvalue weighted by molar-refractivity contribution is 5.97. The number of hydrogen-bond donors (Lipinski definition) is 2. The first-order valence-electron chi connectivity index (χ1n) is 4.72. The smallest absolute Gasteiger partial charge is 0.227 e. The van der Waals surface area contributed by atoms with Crippen LogP contribution >= 0.6 is 0 Å². The Morgan fingerprint density at radius 2 is 2.21 bits per heavy atom. The molecule has 1 heterocycles. The largest absolute Gasteiger partial charge is 0.506 e. The van der Waals surface area contributed by atoms with Crippen LogP contribution in [0.25, 0.3) is 0 Å². The molecular weight excluding hydrogens is 178 g/mol. The van der Waals surface area contributed by atoms with Crippen molar-refractivity contribution in [2.24, 2.45) is 5.92 Å². The average molecular weight is 191 g/mol. The number of fused-ring (bicyclic) bond motifs is 1. The number of aryl methyl sites for hydroxylation is 1. The number of carbonyl (C=O) groups is 1. The quantitative estimate of drug-likeness (QED) is 0.615. The summed E-state index contributed by atoms with van der Waals surface area (Å²) in [7, 11) is 0. The number of phenolic OH excluding ortho intramolecular Hbond substituents is 1. The summed E-state index contributed by atoms with van der Waals surface area (Å²) in [6.45, 7) is 3.88. The number of benzene rings is 1. The summed E-state index contributed by atoms with van der Waals surface area (Å²) >= 11 is 0. The molecule has 0 spiro atoms. The summed E-state index contributed by atoms with van der Waals surface area (Å²) in [6, 6.07) is 3.49. The Morgan fingerprint density at radius 3 is 2.93 bits per heavy atom. The van der Waals surface area contributed by atoms with Gasteiger partial charge in [0.05, 0.1) is 5.69 Å². The van der Waals surface area contributed by atoms with Gasteiger partial charge in [-0.2, -0.15) is 0 Å². The van der Waals surface area contributed by atoms with E-state index in [1.807, 2.05) is 19.9 Å². The number of phenols is 1. The maximum Gasteiger partial charge on any atom is 0.227 e. The van der Waals surface area contributed by atoms with Crippen LogP contribution in [0, 0.1) is 12.8 Å². The molecule has 74 valence electrons. The summed E-state index contributed by atoms with van der Waals surface area (Å²) < 4.78 is 0. The van der Waals surface area contributed by atoms with Crippen LogP contribution in [0.3, 0.4) is 0 Å².